The summed E-state index contributed by atoms with van der Waals surface area (Å²) in [5, 5.41) is 3.12. The fourth-order valence-electron chi connectivity index (χ4n) is 3.07. The number of carbonyl (C=O) groups is 1. The van der Waals surface area contributed by atoms with Crippen molar-refractivity contribution in [3.8, 4) is 11.5 Å². The molecule has 2 aromatic carbocycles. The van der Waals surface area contributed by atoms with Crippen LogP contribution in [0, 0.1) is 11.6 Å². The predicted octanol–water partition coefficient (Wildman–Crippen LogP) is 3.58. The van der Waals surface area contributed by atoms with Crippen LogP contribution in [0.1, 0.15) is 23.2 Å². The summed E-state index contributed by atoms with van der Waals surface area (Å²) in [4.78, 5) is 14.5. The average molecular weight is 346 g/mol. The molecule has 3 rings (SSSR count). The highest BCUT2D eigenvalue weighted by Gasteiger charge is 2.28. The Bertz CT molecular complexity index is 750. The Morgan fingerprint density at radius 2 is 2.00 bits per heavy atom. The number of rotatable bonds is 5. The first-order valence-corrected chi connectivity index (χ1v) is 8.27. The molecule has 0 spiro atoms. The molecule has 6 heteroatoms. The number of hydrogen-bond donors (Lipinski definition) is 1. The third-order valence-electron chi connectivity index (χ3n) is 4.30. The number of carbonyl (C=O) groups excluding carboxylic acids is 1. The van der Waals surface area contributed by atoms with E-state index >= 15 is 0 Å². The lowest BCUT2D eigenvalue weighted by molar-refractivity contribution is 0.0737. The predicted molar refractivity (Wildman–Crippen MR) is 90.9 cm³/mol. The first-order valence-electron chi connectivity index (χ1n) is 8.27. The lowest BCUT2D eigenvalue weighted by Gasteiger charge is -2.24. The van der Waals surface area contributed by atoms with Gasteiger partial charge in [-0.3, -0.25) is 4.79 Å². The molecule has 0 aromatic heterocycles. The van der Waals surface area contributed by atoms with Crippen molar-refractivity contribution in [2.75, 3.05) is 20.1 Å². The van der Waals surface area contributed by atoms with Crippen molar-refractivity contribution in [1.82, 2.24) is 10.2 Å². The summed E-state index contributed by atoms with van der Waals surface area (Å²) >= 11 is 0. The molecule has 1 N–H and O–H groups in total. The van der Waals surface area contributed by atoms with Gasteiger partial charge in [0.15, 0.2) is 11.6 Å². The zero-order valence-electron chi connectivity index (χ0n) is 14.0. The minimum Gasteiger partial charge on any atom is -0.454 e. The number of nitrogens with one attached hydrogen (secondary N) is 1. The van der Waals surface area contributed by atoms with Crippen LogP contribution in [0.3, 0.4) is 0 Å². The van der Waals surface area contributed by atoms with Gasteiger partial charge in [0.25, 0.3) is 5.91 Å². The van der Waals surface area contributed by atoms with Crippen molar-refractivity contribution in [2.45, 2.75) is 18.9 Å². The van der Waals surface area contributed by atoms with Gasteiger partial charge in [0.1, 0.15) is 11.6 Å². The van der Waals surface area contributed by atoms with E-state index in [0.717, 1.165) is 38.1 Å². The molecule has 2 aromatic rings. The summed E-state index contributed by atoms with van der Waals surface area (Å²) in [6.07, 6.45) is 2.00. The van der Waals surface area contributed by atoms with Crippen LogP contribution >= 0.6 is 0 Å². The van der Waals surface area contributed by atoms with E-state index in [0.29, 0.717) is 11.3 Å². The van der Waals surface area contributed by atoms with Crippen LogP contribution in [0.4, 0.5) is 8.78 Å². The molecule has 1 saturated heterocycles. The molecule has 4 nitrogen and oxygen atoms in total. The van der Waals surface area contributed by atoms with Crippen LogP contribution in [0.2, 0.25) is 0 Å². The van der Waals surface area contributed by atoms with Crippen molar-refractivity contribution in [3.05, 3.63) is 59.7 Å². The monoisotopic (exact) mass is 346 g/mol. The van der Waals surface area contributed by atoms with Gasteiger partial charge in [-0.05, 0) is 56.3 Å². The molecule has 0 radical (unpaired) electrons. The standard InChI is InChI=1S/C19H20F2N2O2/c1-22-12-15-3-2-10-23(15)19(24)13-4-7-16(8-5-13)25-18-9-6-14(20)11-17(18)21/h4-9,11,15,22H,2-3,10,12H2,1H3. The molecule has 1 fully saturated rings. The van der Waals surface area contributed by atoms with E-state index in [2.05, 4.69) is 5.32 Å². The fraction of sp³-hybridized carbons (Fsp3) is 0.316. The topological polar surface area (TPSA) is 41.6 Å². The van der Waals surface area contributed by atoms with E-state index in [4.69, 9.17) is 4.74 Å². The first kappa shape index (κ1) is 17.4. The summed E-state index contributed by atoms with van der Waals surface area (Å²) in [7, 11) is 1.88. The molecule has 132 valence electrons. The highest BCUT2D eigenvalue weighted by Crippen LogP contribution is 2.26. The van der Waals surface area contributed by atoms with Gasteiger partial charge in [-0.2, -0.15) is 0 Å². The summed E-state index contributed by atoms with van der Waals surface area (Å²) in [6.45, 7) is 1.53. The molecule has 1 heterocycles. The van der Waals surface area contributed by atoms with Crippen LogP contribution < -0.4 is 10.1 Å². The van der Waals surface area contributed by atoms with Crippen molar-refractivity contribution in [2.24, 2.45) is 0 Å². The maximum Gasteiger partial charge on any atom is 0.254 e. The van der Waals surface area contributed by atoms with E-state index in [-0.39, 0.29) is 17.7 Å². The maximum atomic E-state index is 13.6. The number of nitrogens with zero attached hydrogens (tertiary/aromatic N) is 1. The van der Waals surface area contributed by atoms with Gasteiger partial charge in [-0.1, -0.05) is 0 Å². The number of amides is 1. The van der Waals surface area contributed by atoms with Crippen molar-refractivity contribution < 1.29 is 18.3 Å². The quantitative estimate of drug-likeness (QED) is 0.900. The summed E-state index contributed by atoms with van der Waals surface area (Å²) < 4.78 is 32.0. The second-order valence-corrected chi connectivity index (χ2v) is 6.05. The van der Waals surface area contributed by atoms with Crippen molar-refractivity contribution >= 4 is 5.91 Å². The average Bonchev–Trinajstić information content (AvgIpc) is 3.06. The number of likely N-dealkylation sites (N-methyl/N-ethyl adjacent to an activating group) is 1. The second kappa shape index (κ2) is 7.61. The van der Waals surface area contributed by atoms with Crippen LogP contribution in [-0.4, -0.2) is 37.0 Å². The van der Waals surface area contributed by atoms with Crippen LogP contribution in [0.25, 0.3) is 0 Å². The van der Waals surface area contributed by atoms with E-state index in [1.54, 1.807) is 24.3 Å². The Kier molecular flexibility index (Phi) is 5.28. The van der Waals surface area contributed by atoms with Gasteiger partial charge in [-0.25, -0.2) is 8.78 Å². The van der Waals surface area contributed by atoms with E-state index < -0.39 is 11.6 Å². The number of ether oxygens (including phenoxy) is 1. The minimum absolute atomic E-state index is 0.0164. The van der Waals surface area contributed by atoms with E-state index in [1.165, 1.54) is 6.07 Å². The van der Waals surface area contributed by atoms with Gasteiger partial charge in [-0.15, -0.1) is 0 Å². The SMILES string of the molecule is CNCC1CCCN1C(=O)c1ccc(Oc2ccc(F)cc2F)cc1. The molecule has 1 atom stereocenters. The molecule has 1 aliphatic heterocycles. The third kappa shape index (κ3) is 3.96. The number of halogens is 2. The number of likely N-dealkylation sites (tertiary alicyclic amines) is 1. The molecule has 0 aliphatic carbocycles. The van der Waals surface area contributed by atoms with Gasteiger partial charge >= 0.3 is 0 Å². The van der Waals surface area contributed by atoms with Gasteiger partial charge in [0.2, 0.25) is 0 Å². The summed E-state index contributed by atoms with van der Waals surface area (Å²) in [6, 6.07) is 9.88. The van der Waals surface area contributed by atoms with Gasteiger partial charge in [0.05, 0.1) is 0 Å². The number of benzene rings is 2. The van der Waals surface area contributed by atoms with E-state index in [9.17, 15) is 13.6 Å². The summed E-state index contributed by atoms with van der Waals surface area (Å²) in [5.74, 6) is -1.12. The fourth-order valence-corrected chi connectivity index (χ4v) is 3.07. The van der Waals surface area contributed by atoms with E-state index in [1.807, 2.05) is 11.9 Å². The van der Waals surface area contributed by atoms with Gasteiger partial charge < -0.3 is 15.0 Å². The lowest BCUT2D eigenvalue weighted by Crippen LogP contribution is -2.40. The molecular weight excluding hydrogens is 326 g/mol. The van der Waals surface area contributed by atoms with Crippen molar-refractivity contribution in [1.29, 1.82) is 0 Å². The first-order chi connectivity index (χ1) is 12.1. The zero-order chi connectivity index (χ0) is 17.8. The molecule has 1 aliphatic rings. The van der Waals surface area contributed by atoms with Gasteiger partial charge in [0, 0.05) is 30.8 Å². The van der Waals surface area contributed by atoms with Crippen LogP contribution in [0.15, 0.2) is 42.5 Å². The Labute approximate surface area is 145 Å². The molecule has 0 bridgehead atoms. The maximum absolute atomic E-state index is 13.6. The zero-order valence-corrected chi connectivity index (χ0v) is 14.0. The lowest BCUT2D eigenvalue weighted by atomic mass is 10.1. The van der Waals surface area contributed by atoms with Crippen LogP contribution in [0.5, 0.6) is 11.5 Å². The highest BCUT2D eigenvalue weighted by atomic mass is 19.1. The largest absolute Gasteiger partial charge is 0.454 e. The highest BCUT2D eigenvalue weighted by molar-refractivity contribution is 5.94. The Morgan fingerprint density at radius 3 is 2.68 bits per heavy atom. The number of hydrogen-bond acceptors (Lipinski definition) is 3. The molecule has 0 saturated carbocycles. The summed E-state index contributed by atoms with van der Waals surface area (Å²) in [5.41, 5.74) is 0.565. The normalized spacial score (nSPS) is 16.9. The molecule has 1 amide bonds. The van der Waals surface area contributed by atoms with Crippen LogP contribution in [-0.2, 0) is 0 Å². The minimum atomic E-state index is -0.771. The third-order valence-corrected chi connectivity index (χ3v) is 4.30. The second-order valence-electron chi connectivity index (χ2n) is 6.05. The van der Waals surface area contributed by atoms with Crippen molar-refractivity contribution in [3.63, 3.8) is 0 Å². The Balaban J connectivity index is 1.70. The Morgan fingerprint density at radius 1 is 1.24 bits per heavy atom. The Hall–Kier alpha value is -2.47. The molecule has 1 unspecified atom stereocenters. The smallest absolute Gasteiger partial charge is 0.254 e. The molecule has 25 heavy (non-hydrogen) atoms. The molecular formula is C19H20F2N2O2.